The molecular weight excluding hydrogens is 537 g/mol. The zero-order valence-electron chi connectivity index (χ0n) is 20.8. The van der Waals surface area contributed by atoms with Crippen LogP contribution < -0.4 is 0 Å². The molecule has 2 aliphatic heterocycles. The fraction of sp³-hybridized carbons (Fsp3) is 0.444. The number of halogens is 3. The van der Waals surface area contributed by atoms with Gasteiger partial charge in [-0.25, -0.2) is 4.79 Å². The molecule has 2 aromatic carbocycles. The van der Waals surface area contributed by atoms with Crippen molar-refractivity contribution < 1.29 is 19.1 Å². The zero-order valence-corrected chi connectivity index (χ0v) is 23.1. The van der Waals surface area contributed by atoms with E-state index in [1.54, 1.807) is 47.2 Å². The standard InChI is InChI=1S/C27H30Cl3N3O4/c1-31(25(34)17-3-6-20(28)7-4-17)24-11-14-33(16-21(24)19-5-8-22(29)23(30)15-19)26(35)18-9-12-32(13-10-18)27(36)37-2/h3-8,15,18,21,24H,9-14,16H2,1-2H3/t21-,24+/m0/s1. The lowest BCUT2D eigenvalue weighted by atomic mass is 9.83. The molecule has 2 aliphatic rings. The summed E-state index contributed by atoms with van der Waals surface area (Å²) in [5.41, 5.74) is 1.48. The number of carbonyl (C=O) groups excluding carboxylic acids is 3. The Labute approximate surface area is 232 Å². The normalized spacial score (nSPS) is 20.5. The predicted octanol–water partition coefficient (Wildman–Crippen LogP) is 5.58. The number of methoxy groups -OCH3 is 1. The van der Waals surface area contributed by atoms with Crippen LogP contribution in [0.15, 0.2) is 42.5 Å². The SMILES string of the molecule is COC(=O)N1CCC(C(=O)N2CC[C@@H](N(C)C(=O)c3ccc(Cl)cc3)[C@H](c3ccc(Cl)c(Cl)c3)C2)CC1. The Kier molecular flexibility index (Phi) is 8.88. The summed E-state index contributed by atoms with van der Waals surface area (Å²) < 4.78 is 4.81. The molecule has 0 N–H and O–H groups in total. The molecule has 0 aromatic heterocycles. The maximum atomic E-state index is 13.5. The Morgan fingerprint density at radius 3 is 2.16 bits per heavy atom. The summed E-state index contributed by atoms with van der Waals surface area (Å²) in [7, 11) is 3.16. The van der Waals surface area contributed by atoms with Crippen LogP contribution in [0.3, 0.4) is 0 Å². The third-order valence-corrected chi connectivity index (χ3v) is 8.44. The van der Waals surface area contributed by atoms with Gasteiger partial charge in [0.1, 0.15) is 0 Å². The Morgan fingerprint density at radius 1 is 0.892 bits per heavy atom. The van der Waals surface area contributed by atoms with E-state index in [0.717, 1.165) is 5.56 Å². The quantitative estimate of drug-likeness (QED) is 0.484. The second-order valence-corrected chi connectivity index (χ2v) is 10.8. The number of hydrogen-bond donors (Lipinski definition) is 0. The number of hydrogen-bond acceptors (Lipinski definition) is 4. The molecule has 0 saturated carbocycles. The summed E-state index contributed by atoms with van der Waals surface area (Å²) >= 11 is 18.5. The topological polar surface area (TPSA) is 70.2 Å². The Balaban J connectivity index is 1.53. The first kappa shape index (κ1) is 27.6. The number of benzene rings is 2. The summed E-state index contributed by atoms with van der Waals surface area (Å²) in [6, 6.07) is 12.2. The maximum Gasteiger partial charge on any atom is 0.409 e. The minimum Gasteiger partial charge on any atom is -0.453 e. The van der Waals surface area contributed by atoms with Gasteiger partial charge in [-0.05, 0) is 61.2 Å². The van der Waals surface area contributed by atoms with Crippen molar-refractivity contribution in [3.8, 4) is 0 Å². The molecule has 0 bridgehead atoms. The van der Waals surface area contributed by atoms with E-state index < -0.39 is 0 Å². The van der Waals surface area contributed by atoms with Gasteiger partial charge < -0.3 is 19.4 Å². The number of piperidine rings is 2. The van der Waals surface area contributed by atoms with Crippen molar-refractivity contribution in [3.63, 3.8) is 0 Å². The van der Waals surface area contributed by atoms with E-state index in [-0.39, 0.29) is 35.8 Å². The van der Waals surface area contributed by atoms with Gasteiger partial charge in [-0.1, -0.05) is 40.9 Å². The fourth-order valence-electron chi connectivity index (χ4n) is 5.32. The van der Waals surface area contributed by atoms with Gasteiger partial charge in [-0.2, -0.15) is 0 Å². The van der Waals surface area contributed by atoms with Gasteiger partial charge in [-0.15, -0.1) is 0 Å². The van der Waals surface area contributed by atoms with E-state index >= 15 is 0 Å². The van der Waals surface area contributed by atoms with Crippen LogP contribution in [-0.2, 0) is 9.53 Å². The van der Waals surface area contributed by atoms with Crippen LogP contribution in [-0.4, -0.2) is 79.0 Å². The summed E-state index contributed by atoms with van der Waals surface area (Å²) in [6.07, 6.45) is 1.45. The van der Waals surface area contributed by atoms with Crippen molar-refractivity contribution in [1.82, 2.24) is 14.7 Å². The lowest BCUT2D eigenvalue weighted by Crippen LogP contribution is -2.53. The number of nitrogens with zero attached hydrogens (tertiary/aromatic N) is 3. The molecule has 2 heterocycles. The van der Waals surface area contributed by atoms with Crippen LogP contribution >= 0.6 is 34.8 Å². The molecule has 37 heavy (non-hydrogen) atoms. The number of ether oxygens (including phenoxy) is 1. The smallest absolute Gasteiger partial charge is 0.409 e. The minimum atomic E-state index is -0.361. The third-order valence-electron chi connectivity index (χ3n) is 7.45. The van der Waals surface area contributed by atoms with Crippen molar-refractivity contribution in [3.05, 3.63) is 68.7 Å². The largest absolute Gasteiger partial charge is 0.453 e. The van der Waals surface area contributed by atoms with Crippen LogP contribution in [0.1, 0.15) is 41.1 Å². The highest BCUT2D eigenvalue weighted by molar-refractivity contribution is 6.42. The zero-order chi connectivity index (χ0) is 26.7. The number of likely N-dealkylation sites (tertiary alicyclic amines) is 2. The monoisotopic (exact) mass is 565 g/mol. The first-order chi connectivity index (χ1) is 17.7. The van der Waals surface area contributed by atoms with Crippen molar-refractivity contribution in [2.24, 2.45) is 5.92 Å². The average molecular weight is 567 g/mol. The lowest BCUT2D eigenvalue weighted by Gasteiger charge is -2.44. The molecule has 7 nitrogen and oxygen atoms in total. The number of likely N-dealkylation sites (N-methyl/N-ethyl adjacent to an activating group) is 1. The molecule has 2 saturated heterocycles. The molecule has 2 fully saturated rings. The van der Waals surface area contributed by atoms with Crippen molar-refractivity contribution in [2.45, 2.75) is 31.2 Å². The van der Waals surface area contributed by atoms with E-state index in [4.69, 9.17) is 39.5 Å². The maximum absolute atomic E-state index is 13.5. The highest BCUT2D eigenvalue weighted by Crippen LogP contribution is 2.35. The number of amides is 3. The van der Waals surface area contributed by atoms with Crippen molar-refractivity contribution in [1.29, 1.82) is 0 Å². The molecule has 0 aliphatic carbocycles. The molecule has 2 atom stereocenters. The van der Waals surface area contributed by atoms with Crippen LogP contribution in [0.4, 0.5) is 4.79 Å². The van der Waals surface area contributed by atoms with Gasteiger partial charge >= 0.3 is 6.09 Å². The van der Waals surface area contributed by atoms with Crippen molar-refractivity contribution >= 4 is 52.7 Å². The fourth-order valence-corrected chi connectivity index (χ4v) is 5.75. The van der Waals surface area contributed by atoms with Crippen LogP contribution in [0, 0.1) is 5.92 Å². The number of carbonyl (C=O) groups is 3. The second kappa shape index (κ2) is 11.9. The summed E-state index contributed by atoms with van der Waals surface area (Å²) in [5.74, 6) is -0.328. The Bertz CT molecular complexity index is 1150. The van der Waals surface area contributed by atoms with E-state index in [9.17, 15) is 14.4 Å². The minimum absolute atomic E-state index is 0.0831. The van der Waals surface area contributed by atoms with E-state index in [1.165, 1.54) is 7.11 Å². The van der Waals surface area contributed by atoms with Gasteiger partial charge in [-0.3, -0.25) is 9.59 Å². The molecule has 198 valence electrons. The van der Waals surface area contributed by atoms with Crippen LogP contribution in [0.5, 0.6) is 0 Å². The van der Waals surface area contributed by atoms with Crippen LogP contribution in [0.2, 0.25) is 15.1 Å². The molecule has 0 unspecified atom stereocenters. The molecular formula is C27H30Cl3N3O4. The van der Waals surface area contributed by atoms with Gasteiger partial charge in [0.05, 0.1) is 17.2 Å². The van der Waals surface area contributed by atoms with E-state index in [1.807, 2.05) is 17.0 Å². The molecule has 4 rings (SSSR count). The summed E-state index contributed by atoms with van der Waals surface area (Å²) in [6.45, 7) is 1.98. The van der Waals surface area contributed by atoms with Crippen molar-refractivity contribution in [2.75, 3.05) is 40.3 Å². The first-order valence-corrected chi connectivity index (χ1v) is 13.4. The average Bonchev–Trinajstić information content (AvgIpc) is 2.93. The Morgan fingerprint density at radius 2 is 1.54 bits per heavy atom. The Hall–Kier alpha value is -2.48. The molecule has 0 radical (unpaired) electrons. The third kappa shape index (κ3) is 6.16. The molecule has 3 amide bonds. The van der Waals surface area contributed by atoms with E-state index in [2.05, 4.69) is 0 Å². The first-order valence-electron chi connectivity index (χ1n) is 12.3. The second-order valence-electron chi connectivity index (χ2n) is 9.57. The van der Waals surface area contributed by atoms with Gasteiger partial charge in [0, 0.05) is 61.7 Å². The number of rotatable bonds is 4. The molecule has 10 heteroatoms. The van der Waals surface area contributed by atoms with Gasteiger partial charge in [0.25, 0.3) is 5.91 Å². The lowest BCUT2D eigenvalue weighted by molar-refractivity contribution is -0.138. The predicted molar refractivity (Wildman–Crippen MR) is 144 cm³/mol. The highest BCUT2D eigenvalue weighted by Gasteiger charge is 2.39. The molecule has 2 aromatic rings. The van der Waals surface area contributed by atoms with Gasteiger partial charge in [0.2, 0.25) is 5.91 Å². The summed E-state index contributed by atoms with van der Waals surface area (Å²) in [4.78, 5) is 44.0. The molecule has 0 spiro atoms. The highest BCUT2D eigenvalue weighted by atomic mass is 35.5. The van der Waals surface area contributed by atoms with Crippen LogP contribution in [0.25, 0.3) is 0 Å². The summed E-state index contributed by atoms with van der Waals surface area (Å²) in [5, 5.41) is 1.45. The van der Waals surface area contributed by atoms with Gasteiger partial charge in [0.15, 0.2) is 0 Å². The van der Waals surface area contributed by atoms with E-state index in [0.29, 0.717) is 66.1 Å².